The Morgan fingerprint density at radius 1 is 1.36 bits per heavy atom. The lowest BCUT2D eigenvalue weighted by molar-refractivity contribution is -0.184. The largest absolute Gasteiger partial charge is 0.465 e. The molecule has 2 saturated heterocycles. The van der Waals surface area contributed by atoms with Gasteiger partial charge in [0.1, 0.15) is 6.10 Å². The van der Waals surface area contributed by atoms with Crippen molar-refractivity contribution in [2.75, 3.05) is 32.7 Å². The molecule has 0 aromatic rings. The van der Waals surface area contributed by atoms with Crippen molar-refractivity contribution in [3.05, 3.63) is 0 Å². The lowest BCUT2D eigenvalue weighted by Crippen LogP contribution is -2.61. The number of amides is 1. The molecule has 0 bridgehead atoms. The molecule has 1 unspecified atom stereocenters. The normalized spacial score (nSPS) is 25.6. The van der Waals surface area contributed by atoms with E-state index < -0.39 is 24.2 Å². The first-order valence-corrected chi connectivity index (χ1v) is 7.54. The lowest BCUT2D eigenvalue weighted by Gasteiger charge is -2.49. The first-order valence-electron chi connectivity index (χ1n) is 7.54. The molecule has 1 N–H and O–H groups in total. The summed E-state index contributed by atoms with van der Waals surface area (Å²) in [6, 6.07) is 0. The van der Waals surface area contributed by atoms with Gasteiger partial charge < -0.3 is 14.7 Å². The van der Waals surface area contributed by atoms with Crippen LogP contribution in [0, 0.1) is 0 Å². The highest BCUT2D eigenvalue weighted by Gasteiger charge is 2.45. The van der Waals surface area contributed by atoms with Gasteiger partial charge in [0, 0.05) is 32.6 Å². The molecule has 2 rings (SSSR count). The number of ether oxygens (including phenoxy) is 1. The predicted molar refractivity (Wildman–Crippen MR) is 74.2 cm³/mol. The summed E-state index contributed by atoms with van der Waals surface area (Å²) in [5.74, 6) is -0.0981. The zero-order valence-electron chi connectivity index (χ0n) is 12.6. The van der Waals surface area contributed by atoms with E-state index in [0.717, 1.165) is 0 Å². The number of piperidine rings is 1. The molecule has 2 aliphatic heterocycles. The van der Waals surface area contributed by atoms with Crippen LogP contribution in [0.4, 0.5) is 13.6 Å². The van der Waals surface area contributed by atoms with E-state index in [1.54, 1.807) is 11.8 Å². The standard InChI is InChI=1S/C14H22F2N2O4/c1-2-10(19)11-7-17(8-12(15)16)9-14(22-11)3-5-18(6-4-14)13(20)21/h11-12H,2-9H2,1H3,(H,20,21). The summed E-state index contributed by atoms with van der Waals surface area (Å²) in [6.07, 6.45) is -3.01. The molecule has 0 aromatic heterocycles. The molecule has 1 atom stereocenters. The number of Topliss-reactive ketones (excluding diaryl/α,β-unsaturated/α-hetero) is 1. The third kappa shape index (κ3) is 3.92. The van der Waals surface area contributed by atoms with Crippen molar-refractivity contribution >= 4 is 11.9 Å². The summed E-state index contributed by atoms with van der Waals surface area (Å²) in [5.41, 5.74) is -0.700. The smallest absolute Gasteiger partial charge is 0.407 e. The Morgan fingerprint density at radius 3 is 2.50 bits per heavy atom. The van der Waals surface area contributed by atoms with E-state index in [9.17, 15) is 18.4 Å². The molecular weight excluding hydrogens is 298 g/mol. The van der Waals surface area contributed by atoms with Crippen LogP contribution >= 0.6 is 0 Å². The highest BCUT2D eigenvalue weighted by molar-refractivity contribution is 5.83. The van der Waals surface area contributed by atoms with Crippen LogP contribution in [0.1, 0.15) is 26.2 Å². The Hall–Kier alpha value is -1.28. The van der Waals surface area contributed by atoms with Crippen molar-refractivity contribution in [2.45, 2.75) is 44.3 Å². The van der Waals surface area contributed by atoms with Crippen molar-refractivity contribution in [2.24, 2.45) is 0 Å². The first kappa shape index (κ1) is 17.1. The van der Waals surface area contributed by atoms with Gasteiger partial charge in [-0.25, -0.2) is 13.6 Å². The van der Waals surface area contributed by atoms with Crippen molar-refractivity contribution in [3.63, 3.8) is 0 Å². The molecule has 1 spiro atoms. The van der Waals surface area contributed by atoms with Crippen LogP contribution in [0.3, 0.4) is 0 Å². The van der Waals surface area contributed by atoms with Crippen LogP contribution in [-0.2, 0) is 9.53 Å². The van der Waals surface area contributed by atoms with E-state index in [1.165, 1.54) is 4.90 Å². The molecule has 2 heterocycles. The van der Waals surface area contributed by atoms with E-state index in [1.807, 2.05) is 0 Å². The summed E-state index contributed by atoms with van der Waals surface area (Å²) < 4.78 is 31.4. The SMILES string of the molecule is CCC(=O)C1CN(CC(F)F)CC2(CCN(C(=O)O)CC2)O1. The number of ketones is 1. The van der Waals surface area contributed by atoms with Crippen LogP contribution in [0.15, 0.2) is 0 Å². The number of likely N-dealkylation sites (tertiary alicyclic amines) is 1. The zero-order chi connectivity index (χ0) is 16.3. The second-order valence-corrected chi connectivity index (χ2v) is 5.96. The van der Waals surface area contributed by atoms with Gasteiger partial charge in [0.15, 0.2) is 5.78 Å². The molecular formula is C14H22F2N2O4. The Bertz CT molecular complexity index is 425. The van der Waals surface area contributed by atoms with Crippen LogP contribution in [0.2, 0.25) is 0 Å². The van der Waals surface area contributed by atoms with Gasteiger partial charge >= 0.3 is 6.09 Å². The topological polar surface area (TPSA) is 70.1 Å². The van der Waals surface area contributed by atoms with Gasteiger partial charge in [-0.05, 0) is 12.8 Å². The van der Waals surface area contributed by atoms with Crippen molar-refractivity contribution in [3.8, 4) is 0 Å². The van der Waals surface area contributed by atoms with Crippen LogP contribution in [0.5, 0.6) is 0 Å². The average molecular weight is 320 g/mol. The molecule has 126 valence electrons. The maximum absolute atomic E-state index is 12.7. The summed E-state index contributed by atoms with van der Waals surface area (Å²) in [4.78, 5) is 25.8. The molecule has 0 aromatic carbocycles. The fraction of sp³-hybridized carbons (Fsp3) is 0.857. The third-order valence-corrected chi connectivity index (χ3v) is 4.38. The third-order valence-electron chi connectivity index (χ3n) is 4.38. The molecule has 1 amide bonds. The quantitative estimate of drug-likeness (QED) is 0.849. The monoisotopic (exact) mass is 320 g/mol. The highest BCUT2D eigenvalue weighted by Crippen LogP contribution is 2.33. The summed E-state index contributed by atoms with van der Waals surface area (Å²) >= 11 is 0. The van der Waals surface area contributed by atoms with E-state index in [2.05, 4.69) is 0 Å². The summed E-state index contributed by atoms with van der Waals surface area (Å²) in [5, 5.41) is 9.00. The van der Waals surface area contributed by atoms with Gasteiger partial charge in [0.2, 0.25) is 0 Å². The zero-order valence-corrected chi connectivity index (χ0v) is 12.6. The van der Waals surface area contributed by atoms with Gasteiger partial charge in [-0.1, -0.05) is 6.92 Å². The minimum absolute atomic E-state index is 0.0981. The predicted octanol–water partition coefficient (Wildman–Crippen LogP) is 1.44. The number of morpholine rings is 1. The van der Waals surface area contributed by atoms with Gasteiger partial charge in [0.25, 0.3) is 6.43 Å². The molecule has 0 saturated carbocycles. The molecule has 2 aliphatic rings. The number of halogens is 2. The maximum Gasteiger partial charge on any atom is 0.407 e. The minimum atomic E-state index is -2.47. The fourth-order valence-corrected chi connectivity index (χ4v) is 3.19. The number of hydrogen-bond acceptors (Lipinski definition) is 4. The molecule has 8 heteroatoms. The average Bonchev–Trinajstić information content (AvgIpc) is 2.45. The van der Waals surface area contributed by atoms with E-state index in [0.29, 0.717) is 38.9 Å². The van der Waals surface area contributed by atoms with Gasteiger partial charge in [0.05, 0.1) is 12.1 Å². The number of alkyl halides is 2. The number of nitrogens with zero attached hydrogens (tertiary/aromatic N) is 2. The molecule has 0 aliphatic carbocycles. The minimum Gasteiger partial charge on any atom is -0.465 e. The van der Waals surface area contributed by atoms with Crippen molar-refractivity contribution in [1.82, 2.24) is 9.80 Å². The number of carbonyl (C=O) groups is 2. The molecule has 6 nitrogen and oxygen atoms in total. The molecule has 0 radical (unpaired) electrons. The Balaban J connectivity index is 2.08. The van der Waals surface area contributed by atoms with E-state index in [-0.39, 0.29) is 18.9 Å². The van der Waals surface area contributed by atoms with Crippen LogP contribution in [-0.4, -0.2) is 77.6 Å². The van der Waals surface area contributed by atoms with Crippen LogP contribution < -0.4 is 0 Å². The molecule has 22 heavy (non-hydrogen) atoms. The van der Waals surface area contributed by atoms with Crippen LogP contribution in [0.25, 0.3) is 0 Å². The number of carboxylic acid groups (broad SMARTS) is 1. The van der Waals surface area contributed by atoms with Gasteiger partial charge in [-0.3, -0.25) is 9.69 Å². The van der Waals surface area contributed by atoms with E-state index >= 15 is 0 Å². The van der Waals surface area contributed by atoms with Crippen molar-refractivity contribution < 1.29 is 28.2 Å². The summed E-state index contributed by atoms with van der Waals surface area (Å²) in [7, 11) is 0. The van der Waals surface area contributed by atoms with Gasteiger partial charge in [-0.2, -0.15) is 0 Å². The second-order valence-electron chi connectivity index (χ2n) is 5.96. The Kier molecular flexibility index (Phi) is 5.33. The molecule has 2 fully saturated rings. The van der Waals surface area contributed by atoms with E-state index in [4.69, 9.17) is 9.84 Å². The van der Waals surface area contributed by atoms with Gasteiger partial charge in [-0.15, -0.1) is 0 Å². The second kappa shape index (κ2) is 6.87. The Labute approximate surface area is 128 Å². The highest BCUT2D eigenvalue weighted by atomic mass is 19.3. The first-order chi connectivity index (χ1) is 10.3. The maximum atomic E-state index is 12.7. The number of carbonyl (C=O) groups excluding carboxylic acids is 1. The fourth-order valence-electron chi connectivity index (χ4n) is 3.19. The summed E-state index contributed by atoms with van der Waals surface area (Å²) in [6.45, 7) is 2.42. The van der Waals surface area contributed by atoms with Crippen molar-refractivity contribution in [1.29, 1.82) is 0 Å². The number of hydrogen-bond donors (Lipinski definition) is 1. The lowest BCUT2D eigenvalue weighted by atomic mass is 9.88. The Morgan fingerprint density at radius 2 is 2.00 bits per heavy atom. The number of rotatable bonds is 4.